The number of rotatable bonds is 11. The van der Waals surface area contributed by atoms with Crippen molar-refractivity contribution in [2.24, 2.45) is 0 Å². The second kappa shape index (κ2) is 13.9. The number of nitrogens with one attached hydrogen (secondary N) is 3. The highest BCUT2D eigenvalue weighted by Gasteiger charge is 2.33. The van der Waals surface area contributed by atoms with Gasteiger partial charge in [0.25, 0.3) is 17.4 Å². The van der Waals surface area contributed by atoms with E-state index in [1.807, 2.05) is 0 Å². The first-order valence-corrected chi connectivity index (χ1v) is 14.0. The van der Waals surface area contributed by atoms with E-state index < -0.39 is 64.3 Å². The first kappa shape index (κ1) is 31.8. The third-order valence-electron chi connectivity index (χ3n) is 7.04. The molecule has 11 nitrogen and oxygen atoms in total. The summed E-state index contributed by atoms with van der Waals surface area (Å²) in [6.07, 6.45) is -1.68. The van der Waals surface area contributed by atoms with Crippen molar-refractivity contribution in [2.75, 3.05) is 0 Å². The van der Waals surface area contributed by atoms with Crippen molar-refractivity contribution >= 4 is 29.4 Å². The summed E-state index contributed by atoms with van der Waals surface area (Å²) >= 11 is 6.28. The molecular weight excluding hydrogens is 588 g/mol. The van der Waals surface area contributed by atoms with E-state index in [1.165, 1.54) is 0 Å². The molecule has 0 fully saturated rings. The molecule has 0 radical (unpaired) electrons. The number of hydrogen-bond acceptors (Lipinski definition) is 7. The Hall–Kier alpha value is -5.13. The van der Waals surface area contributed by atoms with E-state index in [-0.39, 0.29) is 11.6 Å². The van der Waals surface area contributed by atoms with E-state index in [0.29, 0.717) is 15.7 Å². The van der Waals surface area contributed by atoms with Gasteiger partial charge in [-0.1, -0.05) is 90.5 Å². The molecule has 44 heavy (non-hydrogen) atoms. The maximum Gasteiger partial charge on any atom is 0.341 e. The van der Waals surface area contributed by atoms with Gasteiger partial charge in [0.2, 0.25) is 5.88 Å². The van der Waals surface area contributed by atoms with Crippen LogP contribution in [0.2, 0.25) is 5.02 Å². The lowest BCUT2D eigenvalue weighted by atomic mass is 10.1. The molecule has 3 atom stereocenters. The van der Waals surface area contributed by atoms with Crippen molar-refractivity contribution in [3.63, 3.8) is 0 Å². The highest BCUT2D eigenvalue weighted by molar-refractivity contribution is 6.31. The van der Waals surface area contributed by atoms with Gasteiger partial charge in [-0.3, -0.25) is 24.3 Å². The molecule has 4 aromatic rings. The molecule has 228 valence electrons. The number of benzene rings is 3. The average Bonchev–Trinajstić information content (AvgIpc) is 3.00. The van der Waals surface area contributed by atoms with Crippen molar-refractivity contribution < 1.29 is 29.7 Å². The molecule has 1 aromatic heterocycles. The monoisotopic (exact) mass is 618 g/mol. The van der Waals surface area contributed by atoms with Gasteiger partial charge in [-0.2, -0.15) is 0 Å². The molecule has 0 aliphatic heterocycles. The van der Waals surface area contributed by atoms with E-state index in [0.717, 1.165) is 5.56 Å². The summed E-state index contributed by atoms with van der Waals surface area (Å²) in [4.78, 5) is 52.6. The number of carboxylic acid groups (broad SMARTS) is 1. The van der Waals surface area contributed by atoms with Crippen molar-refractivity contribution in [3.8, 4) is 11.6 Å². The summed E-state index contributed by atoms with van der Waals surface area (Å²) in [7, 11) is 0. The number of carbonyl (C=O) groups excluding carboxylic acids is 2. The Balaban J connectivity index is 1.76. The van der Waals surface area contributed by atoms with Crippen LogP contribution < -0.4 is 21.5 Å². The zero-order valence-corrected chi connectivity index (χ0v) is 24.6. The van der Waals surface area contributed by atoms with Gasteiger partial charge >= 0.3 is 5.97 Å². The number of amides is 2. The van der Waals surface area contributed by atoms with Crippen molar-refractivity contribution in [1.82, 2.24) is 20.5 Å². The highest BCUT2D eigenvalue weighted by atomic mass is 35.5. The predicted octanol–water partition coefficient (Wildman–Crippen LogP) is 3.94. The largest absolute Gasteiger partial charge is 0.506 e. The van der Waals surface area contributed by atoms with Crippen LogP contribution in [0, 0.1) is 0 Å². The quantitative estimate of drug-likeness (QED) is 0.137. The lowest BCUT2D eigenvalue weighted by molar-refractivity contribution is -0.140. The van der Waals surface area contributed by atoms with Crippen LogP contribution in [0.1, 0.15) is 63.3 Å². The molecule has 1 unspecified atom stereocenters. The number of halogens is 1. The smallest absolute Gasteiger partial charge is 0.341 e. The Kier molecular flexibility index (Phi) is 10.0. The SMILES string of the molecule is C[C@@H](NC(=O)c1c(O)c(C(=O)NC(N[C@H](C)c2ccccc2)C(=O)O)c(O)n(Cc2ccccc2Cl)c1=O)c1ccccc1. The summed E-state index contributed by atoms with van der Waals surface area (Å²) in [5.74, 6) is -5.83. The molecule has 1 heterocycles. The average molecular weight is 619 g/mol. The summed E-state index contributed by atoms with van der Waals surface area (Å²) in [5, 5.41) is 40.0. The zero-order valence-electron chi connectivity index (χ0n) is 23.8. The number of aromatic nitrogens is 1. The minimum absolute atomic E-state index is 0.242. The van der Waals surface area contributed by atoms with E-state index in [2.05, 4.69) is 16.0 Å². The fourth-order valence-electron chi connectivity index (χ4n) is 4.62. The third kappa shape index (κ3) is 7.08. The Morgan fingerprint density at radius 2 is 1.30 bits per heavy atom. The molecule has 0 spiro atoms. The van der Waals surface area contributed by atoms with Crippen LogP contribution in [0.25, 0.3) is 0 Å². The van der Waals surface area contributed by atoms with Crippen LogP contribution in [0.3, 0.4) is 0 Å². The van der Waals surface area contributed by atoms with Crippen LogP contribution in [0.5, 0.6) is 11.6 Å². The molecule has 2 amide bonds. The fourth-order valence-corrected chi connectivity index (χ4v) is 4.81. The first-order chi connectivity index (χ1) is 21.0. The number of aliphatic carboxylic acids is 1. The van der Waals surface area contributed by atoms with Gasteiger partial charge in [-0.15, -0.1) is 0 Å². The highest BCUT2D eigenvalue weighted by Crippen LogP contribution is 2.30. The summed E-state index contributed by atoms with van der Waals surface area (Å²) < 4.78 is 0.716. The van der Waals surface area contributed by atoms with Gasteiger partial charge in [0, 0.05) is 11.1 Å². The summed E-state index contributed by atoms with van der Waals surface area (Å²) in [6.45, 7) is 2.98. The van der Waals surface area contributed by atoms with Gasteiger partial charge in [0.15, 0.2) is 11.9 Å². The van der Waals surface area contributed by atoms with Crippen molar-refractivity contribution in [1.29, 1.82) is 0 Å². The fraction of sp³-hybridized carbons (Fsp3) is 0.188. The summed E-state index contributed by atoms with van der Waals surface area (Å²) in [6, 6.07) is 23.0. The van der Waals surface area contributed by atoms with Gasteiger partial charge in [0.05, 0.1) is 12.6 Å². The Morgan fingerprint density at radius 1 is 0.773 bits per heavy atom. The second-order valence-electron chi connectivity index (χ2n) is 10.1. The molecule has 0 bridgehead atoms. The van der Waals surface area contributed by atoms with Gasteiger partial charge in [0.1, 0.15) is 11.1 Å². The number of carboxylic acids is 1. The van der Waals surface area contributed by atoms with Crippen molar-refractivity contribution in [2.45, 2.75) is 38.6 Å². The van der Waals surface area contributed by atoms with Crippen LogP contribution in [0.15, 0.2) is 89.7 Å². The zero-order chi connectivity index (χ0) is 32.0. The topological polar surface area (TPSA) is 170 Å². The third-order valence-corrected chi connectivity index (χ3v) is 7.41. The minimum Gasteiger partial charge on any atom is -0.506 e. The number of hydrogen-bond donors (Lipinski definition) is 6. The molecule has 0 aliphatic carbocycles. The molecule has 0 saturated heterocycles. The van der Waals surface area contributed by atoms with Crippen molar-refractivity contribution in [3.05, 3.63) is 128 Å². The molecule has 12 heteroatoms. The number of carbonyl (C=O) groups is 3. The van der Waals surface area contributed by atoms with Gasteiger partial charge in [-0.05, 0) is 36.6 Å². The minimum atomic E-state index is -1.68. The van der Waals surface area contributed by atoms with Crippen LogP contribution in [0.4, 0.5) is 0 Å². The van der Waals surface area contributed by atoms with Crippen LogP contribution in [-0.4, -0.2) is 43.8 Å². The summed E-state index contributed by atoms with van der Waals surface area (Å²) in [5.41, 5.74) is -0.973. The lowest BCUT2D eigenvalue weighted by Crippen LogP contribution is -2.51. The number of aromatic hydroxyl groups is 2. The van der Waals surface area contributed by atoms with Gasteiger partial charge < -0.3 is 26.0 Å². The van der Waals surface area contributed by atoms with Crippen LogP contribution in [-0.2, 0) is 11.3 Å². The Morgan fingerprint density at radius 3 is 1.86 bits per heavy atom. The Bertz CT molecular complexity index is 1730. The molecule has 0 saturated carbocycles. The Labute approximate surface area is 257 Å². The molecule has 4 rings (SSSR count). The van der Waals surface area contributed by atoms with Crippen LogP contribution >= 0.6 is 11.6 Å². The second-order valence-corrected chi connectivity index (χ2v) is 10.5. The molecule has 6 N–H and O–H groups in total. The van der Waals surface area contributed by atoms with E-state index in [9.17, 15) is 34.5 Å². The lowest BCUT2D eigenvalue weighted by Gasteiger charge is -2.23. The maximum atomic E-state index is 13.6. The maximum absolute atomic E-state index is 13.6. The molecule has 0 aliphatic rings. The molecule has 3 aromatic carbocycles. The number of pyridine rings is 1. The standard InChI is InChI=1S/C32H31ClN4O7/c1-18(20-11-5-3-6-12-20)34-27(32(43)44)36-29(40)25-26(38)24(28(39)35-19(2)21-13-7-4-8-14-21)30(41)37(31(25)42)17-22-15-9-10-16-23(22)33/h3-16,18-19,27,34,38,42H,17H2,1-2H3,(H,35,39)(H,36,40)(H,43,44)/t18-,19-,27?/m1/s1. The normalized spacial score (nSPS) is 13.0. The predicted molar refractivity (Wildman–Crippen MR) is 164 cm³/mol. The van der Waals surface area contributed by atoms with E-state index in [4.69, 9.17) is 11.6 Å². The van der Waals surface area contributed by atoms with Gasteiger partial charge in [-0.25, -0.2) is 4.79 Å². The van der Waals surface area contributed by atoms with E-state index in [1.54, 1.807) is 98.8 Å². The molecular formula is C32H31ClN4O7. The first-order valence-electron chi connectivity index (χ1n) is 13.6. The van der Waals surface area contributed by atoms with E-state index >= 15 is 0 Å². The number of nitrogens with zero attached hydrogens (tertiary/aromatic N) is 1.